The quantitative estimate of drug-likeness (QED) is 0.390. The number of esters is 2. The predicted molar refractivity (Wildman–Crippen MR) is 131 cm³/mol. The number of aromatic amines is 1. The molecule has 1 aliphatic rings. The molecule has 0 aliphatic carbocycles. The first-order chi connectivity index (χ1) is 17.0. The zero-order chi connectivity index (χ0) is 24.5. The summed E-state index contributed by atoms with van der Waals surface area (Å²) in [5, 5.41) is 9.36. The van der Waals surface area contributed by atoms with Gasteiger partial charge in [0.05, 0.1) is 41.5 Å². The Balaban J connectivity index is 1.61. The molecule has 4 aromatic rings. The van der Waals surface area contributed by atoms with Gasteiger partial charge in [-0.1, -0.05) is 18.2 Å². The molecule has 35 heavy (non-hydrogen) atoms. The maximum Gasteiger partial charge on any atom is 0.338 e. The topological polar surface area (TPSA) is 102 Å². The average molecular weight is 488 g/mol. The number of thiophene rings is 1. The third kappa shape index (κ3) is 3.89. The van der Waals surface area contributed by atoms with E-state index >= 15 is 0 Å². The van der Waals surface area contributed by atoms with Crippen LogP contribution in [0.5, 0.6) is 0 Å². The highest BCUT2D eigenvalue weighted by molar-refractivity contribution is 7.13. The smallest absolute Gasteiger partial charge is 0.338 e. The van der Waals surface area contributed by atoms with Crippen LogP contribution in [0.2, 0.25) is 0 Å². The number of carbonyl (C=O) groups excluding carboxylic acids is 3. The van der Waals surface area contributed by atoms with Crippen LogP contribution < -0.4 is 4.90 Å². The minimum absolute atomic E-state index is 0.259. The summed E-state index contributed by atoms with van der Waals surface area (Å²) in [5.74, 6) is -1.12. The van der Waals surface area contributed by atoms with Gasteiger partial charge >= 0.3 is 11.9 Å². The molecule has 0 radical (unpaired) electrons. The van der Waals surface area contributed by atoms with Gasteiger partial charge in [-0.2, -0.15) is 5.10 Å². The number of ether oxygens (including phenoxy) is 2. The number of hydrogen-bond acceptors (Lipinski definition) is 7. The van der Waals surface area contributed by atoms with E-state index in [4.69, 9.17) is 9.47 Å². The summed E-state index contributed by atoms with van der Waals surface area (Å²) in [4.78, 5) is 40.3. The van der Waals surface area contributed by atoms with Crippen molar-refractivity contribution in [2.75, 3.05) is 18.6 Å². The molecule has 2 aromatic carbocycles. The number of hydrogen-bond donors (Lipinski definition) is 1. The van der Waals surface area contributed by atoms with Crippen molar-refractivity contribution in [2.24, 2.45) is 0 Å². The average Bonchev–Trinajstić information content (AvgIpc) is 3.62. The lowest BCUT2D eigenvalue weighted by Gasteiger charge is -2.26. The highest BCUT2D eigenvalue weighted by atomic mass is 32.1. The van der Waals surface area contributed by atoms with E-state index in [-0.39, 0.29) is 12.5 Å². The maximum atomic E-state index is 13.6. The second kappa shape index (κ2) is 9.19. The summed E-state index contributed by atoms with van der Waals surface area (Å²) < 4.78 is 9.88. The monoisotopic (exact) mass is 487 g/mol. The lowest BCUT2D eigenvalue weighted by atomic mass is 9.97. The molecule has 0 saturated carbocycles. The Labute approximate surface area is 205 Å². The standard InChI is InChI=1S/C26H21N3O5S/c1-3-34-26(32)17-10-12-18(13-11-17)29-23(15-6-8-16(9-7-15)25(31)33-2)20-21(19-5-4-14-35-19)27-28-22(20)24(29)30/h4-14,23H,3H2,1-2H3,(H,27,28)/t23-/m0/s1. The Morgan fingerprint density at radius 2 is 1.71 bits per heavy atom. The van der Waals surface area contributed by atoms with Crippen molar-refractivity contribution in [3.05, 3.63) is 94.0 Å². The number of nitrogens with zero attached hydrogens (tertiary/aromatic N) is 2. The Kier molecular flexibility index (Phi) is 5.92. The molecule has 0 fully saturated rings. The Bertz CT molecular complexity index is 1390. The van der Waals surface area contributed by atoms with E-state index in [1.54, 1.807) is 59.6 Å². The van der Waals surface area contributed by atoms with Gasteiger partial charge in [0.25, 0.3) is 5.91 Å². The van der Waals surface area contributed by atoms with Gasteiger partial charge in [-0.25, -0.2) is 9.59 Å². The van der Waals surface area contributed by atoms with Gasteiger partial charge in [0.1, 0.15) is 0 Å². The van der Waals surface area contributed by atoms with Crippen molar-refractivity contribution in [3.8, 4) is 10.6 Å². The van der Waals surface area contributed by atoms with Crippen molar-refractivity contribution in [2.45, 2.75) is 13.0 Å². The number of methoxy groups -OCH3 is 1. The van der Waals surface area contributed by atoms with E-state index in [9.17, 15) is 14.4 Å². The molecule has 1 amide bonds. The van der Waals surface area contributed by atoms with Crippen molar-refractivity contribution in [1.82, 2.24) is 10.2 Å². The van der Waals surface area contributed by atoms with Gasteiger partial charge in [0.2, 0.25) is 0 Å². The van der Waals surface area contributed by atoms with Crippen LogP contribution in [0.1, 0.15) is 55.3 Å². The fourth-order valence-electron chi connectivity index (χ4n) is 4.22. The zero-order valence-electron chi connectivity index (χ0n) is 19.0. The molecule has 0 bridgehead atoms. The second-order valence-corrected chi connectivity index (χ2v) is 8.74. The van der Waals surface area contributed by atoms with E-state index in [1.807, 2.05) is 29.6 Å². The lowest BCUT2D eigenvalue weighted by molar-refractivity contribution is 0.0525. The fraction of sp³-hybridized carbons (Fsp3) is 0.154. The molecular formula is C26H21N3O5S. The zero-order valence-corrected chi connectivity index (χ0v) is 19.8. The minimum atomic E-state index is -0.492. The highest BCUT2D eigenvalue weighted by Gasteiger charge is 2.43. The van der Waals surface area contributed by atoms with Gasteiger partial charge in [-0.15, -0.1) is 11.3 Å². The number of carbonyl (C=O) groups is 3. The Morgan fingerprint density at radius 1 is 1.03 bits per heavy atom. The van der Waals surface area contributed by atoms with Crippen molar-refractivity contribution < 1.29 is 23.9 Å². The number of anilines is 1. The molecule has 0 saturated heterocycles. The summed E-state index contributed by atoms with van der Waals surface area (Å²) in [5.41, 5.74) is 4.10. The van der Waals surface area contributed by atoms with Crippen LogP contribution in [0, 0.1) is 0 Å². The first kappa shape index (κ1) is 22.5. The number of rotatable bonds is 6. The summed E-state index contributed by atoms with van der Waals surface area (Å²) in [6.07, 6.45) is 0. The van der Waals surface area contributed by atoms with Crippen LogP contribution in [-0.4, -0.2) is 41.8 Å². The van der Waals surface area contributed by atoms with Crippen LogP contribution >= 0.6 is 11.3 Å². The van der Waals surface area contributed by atoms with Crippen LogP contribution in [0.25, 0.3) is 10.6 Å². The normalized spacial score (nSPS) is 14.6. The fourth-order valence-corrected chi connectivity index (χ4v) is 4.96. The maximum absolute atomic E-state index is 13.6. The third-order valence-electron chi connectivity index (χ3n) is 5.83. The highest BCUT2D eigenvalue weighted by Crippen LogP contribution is 2.45. The van der Waals surface area contributed by atoms with Crippen molar-refractivity contribution >= 4 is 34.9 Å². The van der Waals surface area contributed by atoms with E-state index in [0.29, 0.717) is 22.5 Å². The number of nitrogens with one attached hydrogen (secondary N) is 1. The number of aromatic nitrogens is 2. The van der Waals surface area contributed by atoms with Crippen LogP contribution in [0.15, 0.2) is 66.0 Å². The predicted octanol–water partition coefficient (Wildman–Crippen LogP) is 4.85. The first-order valence-electron chi connectivity index (χ1n) is 10.9. The van der Waals surface area contributed by atoms with Crippen molar-refractivity contribution in [3.63, 3.8) is 0 Å². The SMILES string of the molecule is CCOC(=O)c1ccc(N2C(=O)c3n[nH]c(-c4cccs4)c3[C@@H]2c2ccc(C(=O)OC)cc2)cc1. The molecule has 8 nitrogen and oxygen atoms in total. The number of amides is 1. The van der Waals surface area contributed by atoms with E-state index in [2.05, 4.69) is 10.2 Å². The molecule has 9 heteroatoms. The van der Waals surface area contributed by atoms with Crippen LogP contribution in [0.4, 0.5) is 5.69 Å². The summed E-state index contributed by atoms with van der Waals surface area (Å²) in [6.45, 7) is 2.03. The Morgan fingerprint density at radius 3 is 2.34 bits per heavy atom. The summed E-state index contributed by atoms with van der Waals surface area (Å²) >= 11 is 1.55. The largest absolute Gasteiger partial charge is 0.465 e. The third-order valence-corrected chi connectivity index (χ3v) is 6.72. The molecule has 3 heterocycles. The first-order valence-corrected chi connectivity index (χ1v) is 11.8. The van der Waals surface area contributed by atoms with E-state index in [0.717, 1.165) is 21.7 Å². The second-order valence-electron chi connectivity index (χ2n) is 7.80. The summed E-state index contributed by atoms with van der Waals surface area (Å²) in [6, 6.07) is 17.1. The molecule has 5 rings (SSSR count). The van der Waals surface area contributed by atoms with E-state index < -0.39 is 18.0 Å². The molecule has 1 N–H and O–H groups in total. The molecule has 2 aromatic heterocycles. The molecule has 176 valence electrons. The number of H-pyrrole nitrogens is 1. The molecule has 0 unspecified atom stereocenters. The molecule has 0 spiro atoms. The van der Waals surface area contributed by atoms with Gasteiger partial charge in [-0.05, 0) is 60.3 Å². The van der Waals surface area contributed by atoms with E-state index in [1.165, 1.54) is 7.11 Å². The van der Waals surface area contributed by atoms with Crippen LogP contribution in [0.3, 0.4) is 0 Å². The van der Waals surface area contributed by atoms with Gasteiger partial charge in [0, 0.05) is 11.3 Å². The van der Waals surface area contributed by atoms with Gasteiger partial charge in [-0.3, -0.25) is 14.8 Å². The molecule has 1 aliphatic heterocycles. The minimum Gasteiger partial charge on any atom is -0.465 e. The van der Waals surface area contributed by atoms with Crippen molar-refractivity contribution in [1.29, 1.82) is 0 Å². The van der Waals surface area contributed by atoms with Gasteiger partial charge in [0.15, 0.2) is 5.69 Å². The summed E-state index contributed by atoms with van der Waals surface area (Å²) in [7, 11) is 1.33. The van der Waals surface area contributed by atoms with Crippen LogP contribution in [-0.2, 0) is 9.47 Å². The van der Waals surface area contributed by atoms with Gasteiger partial charge < -0.3 is 9.47 Å². The lowest BCUT2D eigenvalue weighted by Crippen LogP contribution is -2.29. The Hall–Kier alpha value is -4.24. The molecule has 1 atom stereocenters. The number of fused-ring (bicyclic) bond motifs is 1. The molecular weight excluding hydrogens is 466 g/mol. The number of benzene rings is 2.